The molecular formula is C12H13BrN2O4. The van der Waals surface area contributed by atoms with Crippen LogP contribution in [0.15, 0.2) is 22.9 Å². The highest BCUT2D eigenvalue weighted by Crippen LogP contribution is 2.27. The number of carbonyl (C=O) groups is 1. The molecule has 0 radical (unpaired) electrons. The molecule has 0 fully saturated rings. The van der Waals surface area contributed by atoms with Gasteiger partial charge in [-0.2, -0.15) is 0 Å². The van der Waals surface area contributed by atoms with Gasteiger partial charge in [-0.05, 0) is 28.9 Å². The van der Waals surface area contributed by atoms with E-state index in [1.54, 1.807) is 19.2 Å². The van der Waals surface area contributed by atoms with Crippen LogP contribution in [0.25, 0.3) is 11.0 Å². The van der Waals surface area contributed by atoms with Crippen molar-refractivity contribution in [2.75, 3.05) is 6.61 Å². The topological polar surface area (TPSA) is 95.4 Å². The molecule has 2 atom stereocenters. The zero-order valence-electron chi connectivity index (χ0n) is 10.1. The number of aromatic amines is 1. The minimum absolute atomic E-state index is 0.142. The van der Waals surface area contributed by atoms with Crippen LogP contribution in [0.1, 0.15) is 18.6 Å². The van der Waals surface area contributed by atoms with E-state index in [2.05, 4.69) is 30.6 Å². The van der Waals surface area contributed by atoms with Crippen molar-refractivity contribution >= 4 is 32.9 Å². The molecule has 0 aliphatic rings. The van der Waals surface area contributed by atoms with Gasteiger partial charge in [0.25, 0.3) is 0 Å². The zero-order valence-corrected chi connectivity index (χ0v) is 11.7. The number of hydrogen-bond donors (Lipinski definition) is 3. The second-order valence-electron chi connectivity index (χ2n) is 3.94. The molecule has 2 aromatic heterocycles. The maximum Gasteiger partial charge on any atom is 0.338 e. The van der Waals surface area contributed by atoms with Gasteiger partial charge in [-0.1, -0.05) is 0 Å². The van der Waals surface area contributed by atoms with E-state index < -0.39 is 18.2 Å². The molecule has 0 saturated heterocycles. The number of esters is 1. The molecule has 0 amide bonds. The minimum atomic E-state index is -1.63. The predicted molar refractivity (Wildman–Crippen MR) is 71.4 cm³/mol. The van der Waals surface area contributed by atoms with E-state index in [-0.39, 0.29) is 6.61 Å². The summed E-state index contributed by atoms with van der Waals surface area (Å²) in [5, 5.41) is 20.4. The number of carbonyl (C=O) groups excluding carboxylic acids is 1. The molecular weight excluding hydrogens is 316 g/mol. The quantitative estimate of drug-likeness (QED) is 0.735. The summed E-state index contributed by atoms with van der Waals surface area (Å²) in [7, 11) is 0. The average molecular weight is 329 g/mol. The van der Waals surface area contributed by atoms with Crippen molar-refractivity contribution in [2.24, 2.45) is 0 Å². The Balaban J connectivity index is 2.33. The first kappa shape index (κ1) is 14.0. The predicted octanol–water partition coefficient (Wildman–Crippen LogP) is 1.28. The van der Waals surface area contributed by atoms with E-state index in [9.17, 15) is 15.0 Å². The summed E-state index contributed by atoms with van der Waals surface area (Å²) < 4.78 is 5.41. The van der Waals surface area contributed by atoms with Gasteiger partial charge in [0.15, 0.2) is 6.10 Å². The van der Waals surface area contributed by atoms with E-state index >= 15 is 0 Å². The SMILES string of the molecule is CCOC(=O)C(O)C(O)c1c[nH]c2ncc(Br)cc12. The summed E-state index contributed by atoms with van der Waals surface area (Å²) >= 11 is 3.28. The Hall–Kier alpha value is -1.44. The molecule has 3 N–H and O–H groups in total. The fourth-order valence-corrected chi connectivity index (χ4v) is 2.10. The second kappa shape index (κ2) is 5.68. The molecule has 0 aliphatic heterocycles. The van der Waals surface area contributed by atoms with Crippen LogP contribution < -0.4 is 0 Å². The van der Waals surface area contributed by atoms with Gasteiger partial charge in [-0.25, -0.2) is 9.78 Å². The third-order valence-corrected chi connectivity index (χ3v) is 3.11. The standard InChI is InChI=1S/C12H13BrN2O4/c1-2-19-12(18)10(17)9(16)8-5-15-11-7(8)3-6(13)4-14-11/h3-5,9-10,16-17H,2H2,1H3,(H,14,15). The number of pyridine rings is 1. The normalized spacial score (nSPS) is 14.3. The third-order valence-electron chi connectivity index (χ3n) is 2.68. The summed E-state index contributed by atoms with van der Waals surface area (Å²) in [5.74, 6) is -0.854. The summed E-state index contributed by atoms with van der Waals surface area (Å²) in [5.41, 5.74) is 0.956. The van der Waals surface area contributed by atoms with E-state index in [0.717, 1.165) is 4.47 Å². The van der Waals surface area contributed by atoms with Crippen molar-refractivity contribution in [1.29, 1.82) is 0 Å². The van der Waals surface area contributed by atoms with Gasteiger partial charge in [0.1, 0.15) is 11.8 Å². The van der Waals surface area contributed by atoms with Crippen LogP contribution in [0, 0.1) is 0 Å². The van der Waals surface area contributed by atoms with Crippen LogP contribution in [0.5, 0.6) is 0 Å². The van der Waals surface area contributed by atoms with Gasteiger partial charge in [-0.15, -0.1) is 0 Å². The molecule has 2 heterocycles. The number of hydrogen-bond acceptors (Lipinski definition) is 5. The molecule has 102 valence electrons. The molecule has 0 aromatic carbocycles. The summed E-state index contributed by atoms with van der Waals surface area (Å²) in [4.78, 5) is 18.4. The number of halogens is 1. The van der Waals surface area contributed by atoms with E-state index in [0.29, 0.717) is 16.6 Å². The molecule has 0 spiro atoms. The number of aliphatic hydroxyl groups excluding tert-OH is 2. The fourth-order valence-electron chi connectivity index (χ4n) is 1.77. The van der Waals surface area contributed by atoms with Crippen molar-refractivity contribution in [1.82, 2.24) is 9.97 Å². The van der Waals surface area contributed by atoms with Crippen molar-refractivity contribution in [3.05, 3.63) is 28.5 Å². The van der Waals surface area contributed by atoms with Crippen LogP contribution in [-0.4, -0.2) is 38.9 Å². The van der Waals surface area contributed by atoms with Crippen molar-refractivity contribution in [3.63, 3.8) is 0 Å². The Kier molecular flexibility index (Phi) is 4.18. The first-order chi connectivity index (χ1) is 9.04. The van der Waals surface area contributed by atoms with Crippen LogP contribution >= 0.6 is 15.9 Å². The number of aliphatic hydroxyl groups is 2. The van der Waals surface area contributed by atoms with Gasteiger partial charge >= 0.3 is 5.97 Å². The zero-order chi connectivity index (χ0) is 14.0. The number of nitrogens with one attached hydrogen (secondary N) is 1. The third kappa shape index (κ3) is 2.78. The lowest BCUT2D eigenvalue weighted by atomic mass is 10.0. The van der Waals surface area contributed by atoms with Gasteiger partial charge in [-0.3, -0.25) is 0 Å². The van der Waals surface area contributed by atoms with Gasteiger partial charge in [0.2, 0.25) is 0 Å². The molecule has 0 aliphatic carbocycles. The van der Waals surface area contributed by atoms with Crippen LogP contribution in [0.4, 0.5) is 0 Å². The molecule has 2 aromatic rings. The van der Waals surface area contributed by atoms with Crippen molar-refractivity contribution in [2.45, 2.75) is 19.1 Å². The molecule has 7 heteroatoms. The molecule has 0 saturated carbocycles. The highest BCUT2D eigenvalue weighted by molar-refractivity contribution is 9.10. The number of fused-ring (bicyclic) bond motifs is 1. The number of ether oxygens (including phenoxy) is 1. The molecule has 19 heavy (non-hydrogen) atoms. The Labute approximate surface area is 117 Å². The smallest absolute Gasteiger partial charge is 0.338 e. The molecule has 6 nitrogen and oxygen atoms in total. The van der Waals surface area contributed by atoms with E-state index in [1.165, 1.54) is 6.20 Å². The first-order valence-electron chi connectivity index (χ1n) is 5.70. The largest absolute Gasteiger partial charge is 0.464 e. The second-order valence-corrected chi connectivity index (χ2v) is 4.85. The fraction of sp³-hybridized carbons (Fsp3) is 0.333. The van der Waals surface area contributed by atoms with Crippen molar-refractivity contribution < 1.29 is 19.7 Å². The Morgan fingerprint density at radius 3 is 3.00 bits per heavy atom. The number of rotatable bonds is 4. The highest BCUT2D eigenvalue weighted by atomic mass is 79.9. The number of H-pyrrole nitrogens is 1. The number of aromatic nitrogens is 2. The van der Waals surface area contributed by atoms with Crippen LogP contribution in [-0.2, 0) is 9.53 Å². The molecule has 0 bridgehead atoms. The maximum atomic E-state index is 11.4. The lowest BCUT2D eigenvalue weighted by Crippen LogP contribution is -2.29. The maximum absolute atomic E-state index is 11.4. The Bertz CT molecular complexity index is 598. The average Bonchev–Trinajstić information content (AvgIpc) is 2.80. The van der Waals surface area contributed by atoms with Gasteiger partial charge in [0.05, 0.1) is 6.61 Å². The Morgan fingerprint density at radius 1 is 1.58 bits per heavy atom. The van der Waals surface area contributed by atoms with Crippen LogP contribution in [0.3, 0.4) is 0 Å². The highest BCUT2D eigenvalue weighted by Gasteiger charge is 2.29. The summed E-state index contributed by atoms with van der Waals surface area (Å²) in [6.07, 6.45) is 0.121. The lowest BCUT2D eigenvalue weighted by Gasteiger charge is -2.15. The summed E-state index contributed by atoms with van der Waals surface area (Å²) in [6.45, 7) is 1.77. The number of nitrogens with zero attached hydrogens (tertiary/aromatic N) is 1. The molecule has 2 unspecified atom stereocenters. The monoisotopic (exact) mass is 328 g/mol. The molecule has 2 rings (SSSR count). The summed E-state index contributed by atoms with van der Waals surface area (Å²) in [6, 6.07) is 1.75. The van der Waals surface area contributed by atoms with E-state index in [4.69, 9.17) is 0 Å². The minimum Gasteiger partial charge on any atom is -0.464 e. The van der Waals surface area contributed by atoms with Crippen LogP contribution in [0.2, 0.25) is 0 Å². The van der Waals surface area contributed by atoms with E-state index in [1.807, 2.05) is 0 Å². The van der Waals surface area contributed by atoms with Crippen molar-refractivity contribution in [3.8, 4) is 0 Å². The first-order valence-corrected chi connectivity index (χ1v) is 6.49. The lowest BCUT2D eigenvalue weighted by molar-refractivity contribution is -0.159. The van der Waals surface area contributed by atoms with Gasteiger partial charge < -0.3 is 19.9 Å². The van der Waals surface area contributed by atoms with Gasteiger partial charge in [0, 0.05) is 27.8 Å². The Morgan fingerprint density at radius 2 is 2.32 bits per heavy atom.